The highest BCUT2D eigenvalue weighted by molar-refractivity contribution is 5.94. The monoisotopic (exact) mass is 295 g/mol. The Bertz CT molecular complexity index is 659. The van der Waals surface area contributed by atoms with Gasteiger partial charge < -0.3 is 10.6 Å². The lowest BCUT2D eigenvalue weighted by Crippen LogP contribution is -2.28. The van der Waals surface area contributed by atoms with Crippen LogP contribution in [0.5, 0.6) is 0 Å². The topological polar surface area (TPSA) is 42.2 Å². The summed E-state index contributed by atoms with van der Waals surface area (Å²) in [6.07, 6.45) is -3.01. The van der Waals surface area contributed by atoms with Crippen LogP contribution in [0.3, 0.4) is 0 Å². The predicted octanol–water partition coefficient (Wildman–Crippen LogP) is 3.04. The molecule has 2 aromatic rings. The SMILES string of the molecule is C[C@@H]1CN(c2ccc(C(F)(F)F)c3ncccc23)CC1N. The van der Waals surface area contributed by atoms with Gasteiger partial charge in [0, 0.05) is 36.4 Å². The molecule has 0 aliphatic carbocycles. The third-order valence-corrected chi connectivity index (χ3v) is 4.06. The average molecular weight is 295 g/mol. The first-order valence-electron chi connectivity index (χ1n) is 6.83. The van der Waals surface area contributed by atoms with Crippen LogP contribution in [-0.4, -0.2) is 24.1 Å². The fourth-order valence-corrected chi connectivity index (χ4v) is 2.85. The number of hydrogen-bond donors (Lipinski definition) is 1. The molecule has 1 saturated heterocycles. The number of nitrogens with zero attached hydrogens (tertiary/aromatic N) is 2. The molecule has 0 radical (unpaired) electrons. The van der Waals surface area contributed by atoms with Crippen molar-refractivity contribution in [3.63, 3.8) is 0 Å². The molecule has 0 spiro atoms. The molecule has 2 heterocycles. The van der Waals surface area contributed by atoms with Gasteiger partial charge in [-0.05, 0) is 30.2 Å². The number of alkyl halides is 3. The van der Waals surface area contributed by atoms with Crippen molar-refractivity contribution >= 4 is 16.6 Å². The Kier molecular flexibility index (Phi) is 3.28. The van der Waals surface area contributed by atoms with Gasteiger partial charge in [-0.3, -0.25) is 4.98 Å². The predicted molar refractivity (Wildman–Crippen MR) is 76.1 cm³/mol. The first kappa shape index (κ1) is 14.1. The van der Waals surface area contributed by atoms with Gasteiger partial charge in [0.1, 0.15) is 0 Å². The number of anilines is 1. The van der Waals surface area contributed by atoms with Gasteiger partial charge >= 0.3 is 6.18 Å². The van der Waals surface area contributed by atoms with Gasteiger partial charge in [0.2, 0.25) is 0 Å². The van der Waals surface area contributed by atoms with Crippen molar-refractivity contribution < 1.29 is 13.2 Å². The number of nitrogens with two attached hydrogens (primary N) is 1. The summed E-state index contributed by atoms with van der Waals surface area (Å²) in [4.78, 5) is 5.98. The molecule has 1 unspecified atom stereocenters. The molecule has 0 saturated carbocycles. The summed E-state index contributed by atoms with van der Waals surface area (Å²) in [5, 5.41) is 0.522. The number of benzene rings is 1. The van der Waals surface area contributed by atoms with Crippen LogP contribution in [0.4, 0.5) is 18.9 Å². The summed E-state index contributed by atoms with van der Waals surface area (Å²) < 4.78 is 39.2. The first-order chi connectivity index (χ1) is 9.88. The summed E-state index contributed by atoms with van der Waals surface area (Å²) in [5.41, 5.74) is 6.08. The average Bonchev–Trinajstić information content (AvgIpc) is 2.76. The molecule has 112 valence electrons. The number of hydrogen-bond acceptors (Lipinski definition) is 3. The zero-order chi connectivity index (χ0) is 15.2. The van der Waals surface area contributed by atoms with Gasteiger partial charge in [-0.2, -0.15) is 13.2 Å². The number of fused-ring (bicyclic) bond motifs is 1. The van der Waals surface area contributed by atoms with E-state index in [1.807, 2.05) is 4.90 Å². The Morgan fingerprint density at radius 3 is 2.62 bits per heavy atom. The van der Waals surface area contributed by atoms with Crippen molar-refractivity contribution in [1.29, 1.82) is 0 Å². The fourth-order valence-electron chi connectivity index (χ4n) is 2.85. The lowest BCUT2D eigenvalue weighted by Gasteiger charge is -2.21. The van der Waals surface area contributed by atoms with E-state index in [9.17, 15) is 13.2 Å². The molecule has 1 aliphatic rings. The molecule has 6 heteroatoms. The summed E-state index contributed by atoms with van der Waals surface area (Å²) >= 11 is 0. The van der Waals surface area contributed by atoms with Crippen LogP contribution in [0.25, 0.3) is 10.9 Å². The standard InChI is InChI=1S/C15H16F3N3/c1-9-7-21(8-12(9)19)13-5-4-11(15(16,17)18)14-10(13)3-2-6-20-14/h2-6,9,12H,7-8,19H2,1H3/t9-,12?/m1/s1. The lowest BCUT2D eigenvalue weighted by atomic mass is 10.1. The molecule has 2 atom stereocenters. The molecule has 1 aliphatic heterocycles. The summed E-state index contributed by atoms with van der Waals surface area (Å²) in [6.45, 7) is 3.45. The zero-order valence-electron chi connectivity index (χ0n) is 11.6. The third-order valence-electron chi connectivity index (χ3n) is 4.06. The van der Waals surface area contributed by atoms with Gasteiger partial charge in [0.15, 0.2) is 0 Å². The maximum atomic E-state index is 13.1. The van der Waals surface area contributed by atoms with Crippen molar-refractivity contribution in [2.75, 3.05) is 18.0 Å². The fraction of sp³-hybridized carbons (Fsp3) is 0.400. The Morgan fingerprint density at radius 1 is 1.24 bits per heavy atom. The van der Waals surface area contributed by atoms with Gasteiger partial charge in [0.25, 0.3) is 0 Å². The second-order valence-electron chi connectivity index (χ2n) is 5.58. The Morgan fingerprint density at radius 2 is 2.00 bits per heavy atom. The number of rotatable bonds is 1. The van der Waals surface area contributed by atoms with Crippen molar-refractivity contribution in [3.8, 4) is 0 Å². The van der Waals surface area contributed by atoms with Gasteiger partial charge in [-0.1, -0.05) is 6.92 Å². The molecule has 21 heavy (non-hydrogen) atoms. The molecular weight excluding hydrogens is 279 g/mol. The molecule has 0 bridgehead atoms. The Hall–Kier alpha value is -1.82. The van der Waals surface area contributed by atoms with Gasteiger partial charge in [-0.25, -0.2) is 0 Å². The maximum Gasteiger partial charge on any atom is 0.418 e. The van der Waals surface area contributed by atoms with Crippen LogP contribution < -0.4 is 10.6 Å². The van der Waals surface area contributed by atoms with E-state index in [2.05, 4.69) is 11.9 Å². The number of halogens is 3. The van der Waals surface area contributed by atoms with Crippen LogP contribution in [0.15, 0.2) is 30.5 Å². The third kappa shape index (κ3) is 2.44. The summed E-state index contributed by atoms with van der Waals surface area (Å²) in [7, 11) is 0. The van der Waals surface area contributed by atoms with E-state index in [0.29, 0.717) is 17.8 Å². The van der Waals surface area contributed by atoms with Gasteiger partial charge in [0.05, 0.1) is 11.1 Å². The molecule has 1 fully saturated rings. The minimum atomic E-state index is -4.40. The van der Waals surface area contributed by atoms with E-state index < -0.39 is 11.7 Å². The van der Waals surface area contributed by atoms with E-state index in [0.717, 1.165) is 18.3 Å². The lowest BCUT2D eigenvalue weighted by molar-refractivity contribution is -0.136. The Labute approximate surface area is 120 Å². The van der Waals surface area contributed by atoms with Crippen LogP contribution in [0.2, 0.25) is 0 Å². The molecule has 3 rings (SSSR count). The maximum absolute atomic E-state index is 13.1. The highest BCUT2D eigenvalue weighted by Gasteiger charge is 2.35. The molecule has 1 aromatic heterocycles. The molecular formula is C15H16F3N3. The van der Waals surface area contributed by atoms with E-state index >= 15 is 0 Å². The summed E-state index contributed by atoms with van der Waals surface area (Å²) in [5.74, 6) is 0.319. The van der Waals surface area contributed by atoms with Crippen LogP contribution >= 0.6 is 0 Å². The Balaban J connectivity index is 2.14. The molecule has 1 aromatic carbocycles. The van der Waals surface area contributed by atoms with Gasteiger partial charge in [-0.15, -0.1) is 0 Å². The minimum Gasteiger partial charge on any atom is -0.369 e. The summed E-state index contributed by atoms with van der Waals surface area (Å²) in [6, 6.07) is 6.02. The van der Waals surface area contributed by atoms with E-state index in [1.54, 1.807) is 12.1 Å². The van der Waals surface area contributed by atoms with Crippen LogP contribution in [0, 0.1) is 5.92 Å². The largest absolute Gasteiger partial charge is 0.418 e. The number of aromatic nitrogens is 1. The van der Waals surface area contributed by atoms with E-state index in [-0.39, 0.29) is 11.6 Å². The molecule has 3 nitrogen and oxygen atoms in total. The van der Waals surface area contributed by atoms with E-state index in [1.165, 1.54) is 12.3 Å². The quantitative estimate of drug-likeness (QED) is 0.879. The smallest absolute Gasteiger partial charge is 0.369 e. The normalized spacial score (nSPS) is 23.0. The van der Waals surface area contributed by atoms with Crippen LogP contribution in [-0.2, 0) is 6.18 Å². The van der Waals surface area contributed by atoms with Crippen LogP contribution in [0.1, 0.15) is 12.5 Å². The van der Waals surface area contributed by atoms with Crippen molar-refractivity contribution in [2.45, 2.75) is 19.1 Å². The molecule has 0 amide bonds. The molecule has 2 N–H and O–H groups in total. The second kappa shape index (κ2) is 4.87. The highest BCUT2D eigenvalue weighted by Crippen LogP contribution is 2.38. The first-order valence-corrected chi connectivity index (χ1v) is 6.83. The van der Waals surface area contributed by atoms with Crippen molar-refractivity contribution in [2.24, 2.45) is 11.7 Å². The number of pyridine rings is 1. The van der Waals surface area contributed by atoms with Crippen molar-refractivity contribution in [3.05, 3.63) is 36.0 Å². The van der Waals surface area contributed by atoms with Crippen molar-refractivity contribution in [1.82, 2.24) is 4.98 Å². The highest BCUT2D eigenvalue weighted by atomic mass is 19.4. The van der Waals surface area contributed by atoms with E-state index in [4.69, 9.17) is 5.73 Å². The minimum absolute atomic E-state index is 0.00405. The zero-order valence-corrected chi connectivity index (χ0v) is 11.6. The second-order valence-corrected chi connectivity index (χ2v) is 5.58.